The first-order chi connectivity index (χ1) is 18.9. The monoisotopic (exact) mass is 531 g/mol. The number of hydroxylamine groups is 2. The highest BCUT2D eigenvalue weighted by Gasteiger charge is 2.35. The second-order valence-electron chi connectivity index (χ2n) is 9.02. The van der Waals surface area contributed by atoms with Gasteiger partial charge < -0.3 is 14.8 Å². The molecule has 4 rings (SSSR count). The Bertz CT molecular complexity index is 1290. The third kappa shape index (κ3) is 7.42. The summed E-state index contributed by atoms with van der Waals surface area (Å²) in [6, 6.07) is 23.9. The van der Waals surface area contributed by atoms with Crippen molar-refractivity contribution in [2.45, 2.75) is 19.1 Å². The summed E-state index contributed by atoms with van der Waals surface area (Å²) in [6.45, 7) is -0.787. The number of benzene rings is 3. The molecule has 3 aromatic carbocycles. The van der Waals surface area contributed by atoms with Crippen LogP contribution in [0.5, 0.6) is 5.75 Å². The summed E-state index contributed by atoms with van der Waals surface area (Å²) < 4.78 is 11.2. The smallest absolute Gasteiger partial charge is 0.326 e. The highest BCUT2D eigenvalue weighted by Crippen LogP contribution is 2.31. The minimum atomic E-state index is -1.13. The summed E-state index contributed by atoms with van der Waals surface area (Å²) in [4.78, 5) is 51.9. The molecule has 0 aromatic heterocycles. The summed E-state index contributed by atoms with van der Waals surface area (Å²) in [5.74, 6) is -2.22. The molecule has 0 saturated heterocycles. The predicted molar refractivity (Wildman–Crippen MR) is 141 cm³/mol. The molecule has 0 aliphatic carbocycles. The summed E-state index contributed by atoms with van der Waals surface area (Å²) in [5, 5.41) is 12.9. The zero-order valence-electron chi connectivity index (χ0n) is 21.1. The number of nitrogens with zero attached hydrogens (tertiary/aromatic N) is 2. The number of hydrogen-bond acceptors (Lipinski definition) is 7. The number of ether oxygens (including phenoxy) is 2. The molecule has 3 amide bonds. The molecule has 0 bridgehead atoms. The quantitative estimate of drug-likeness (QED) is 0.168. The fourth-order valence-corrected chi connectivity index (χ4v) is 4.23. The largest absolute Gasteiger partial charge is 0.489 e. The van der Waals surface area contributed by atoms with E-state index in [1.807, 2.05) is 60.7 Å². The lowest BCUT2D eigenvalue weighted by molar-refractivity contribution is -0.154. The van der Waals surface area contributed by atoms with E-state index in [1.54, 1.807) is 24.3 Å². The van der Waals surface area contributed by atoms with Crippen molar-refractivity contribution in [3.8, 4) is 5.75 Å². The minimum Gasteiger partial charge on any atom is -0.489 e. The van der Waals surface area contributed by atoms with Crippen molar-refractivity contribution in [3.63, 3.8) is 0 Å². The number of carbonyl (C=O) groups excluding carboxylic acids is 4. The van der Waals surface area contributed by atoms with Crippen LogP contribution in [0.2, 0.25) is 0 Å². The zero-order valence-corrected chi connectivity index (χ0v) is 21.1. The molecule has 2 atom stereocenters. The highest BCUT2D eigenvalue weighted by molar-refractivity contribution is 6.04. The van der Waals surface area contributed by atoms with Crippen LogP contribution in [0.1, 0.15) is 11.1 Å². The van der Waals surface area contributed by atoms with Gasteiger partial charge in [-0.1, -0.05) is 72.8 Å². The number of rotatable bonds is 11. The van der Waals surface area contributed by atoms with Gasteiger partial charge in [-0.05, 0) is 29.7 Å². The van der Waals surface area contributed by atoms with Crippen molar-refractivity contribution in [2.24, 2.45) is 5.92 Å². The van der Waals surface area contributed by atoms with E-state index < -0.39 is 29.7 Å². The molecule has 202 valence electrons. The third-order valence-corrected chi connectivity index (χ3v) is 6.20. The normalized spacial score (nSPS) is 15.3. The summed E-state index contributed by atoms with van der Waals surface area (Å²) in [7, 11) is 0. The Kier molecular flexibility index (Phi) is 9.25. The number of para-hydroxylation sites is 2. The van der Waals surface area contributed by atoms with E-state index in [2.05, 4.69) is 5.32 Å². The van der Waals surface area contributed by atoms with Crippen LogP contribution < -0.4 is 15.0 Å². The predicted octanol–water partition coefficient (Wildman–Crippen LogP) is 2.35. The molecule has 0 saturated carbocycles. The van der Waals surface area contributed by atoms with E-state index in [0.717, 1.165) is 11.1 Å². The van der Waals surface area contributed by atoms with Gasteiger partial charge in [-0.15, -0.1) is 0 Å². The highest BCUT2D eigenvalue weighted by atomic mass is 16.5. The second-order valence-corrected chi connectivity index (χ2v) is 9.02. The minimum absolute atomic E-state index is 0.0512. The second kappa shape index (κ2) is 13.2. The maximum absolute atomic E-state index is 13.6. The average molecular weight is 532 g/mol. The molecular formula is C29H29N3O7. The van der Waals surface area contributed by atoms with Gasteiger partial charge in [0, 0.05) is 0 Å². The van der Waals surface area contributed by atoms with Gasteiger partial charge in [0.1, 0.15) is 31.5 Å². The molecule has 0 radical (unpaired) electrons. The van der Waals surface area contributed by atoms with Crippen LogP contribution >= 0.6 is 0 Å². The molecule has 1 aliphatic heterocycles. The fourth-order valence-electron chi connectivity index (χ4n) is 4.23. The van der Waals surface area contributed by atoms with Crippen molar-refractivity contribution < 1.29 is 33.9 Å². The van der Waals surface area contributed by atoms with Gasteiger partial charge in [-0.3, -0.25) is 29.3 Å². The Hall–Kier alpha value is -4.70. The van der Waals surface area contributed by atoms with Gasteiger partial charge in [0.2, 0.25) is 12.3 Å². The van der Waals surface area contributed by atoms with Crippen molar-refractivity contribution in [1.82, 2.24) is 10.4 Å². The first-order valence-corrected chi connectivity index (χ1v) is 12.4. The molecule has 1 aliphatic rings. The van der Waals surface area contributed by atoms with Gasteiger partial charge in [-0.25, -0.2) is 5.06 Å². The van der Waals surface area contributed by atoms with Crippen LogP contribution in [0.25, 0.3) is 0 Å². The Morgan fingerprint density at radius 2 is 1.67 bits per heavy atom. The molecule has 10 heteroatoms. The molecular weight excluding hydrogens is 502 g/mol. The standard InChI is InChI=1S/C29H29N3O7/c33-20-31(37)16-23(15-21-9-3-1-4-10-21)28(35)30-24-19-38-26-14-8-7-13-25(26)32(29(24)36)17-27(34)39-18-22-11-5-2-6-12-22/h1-14,20,23-24,37H,15-19H2,(H,30,35)/t23-,24+/m1/s1. The number of nitrogens with one attached hydrogen (secondary N) is 1. The van der Waals surface area contributed by atoms with Crippen molar-refractivity contribution in [1.29, 1.82) is 0 Å². The lowest BCUT2D eigenvalue weighted by atomic mass is 9.97. The van der Waals surface area contributed by atoms with Gasteiger partial charge in [0.15, 0.2) is 0 Å². The molecule has 0 fully saturated rings. The third-order valence-electron chi connectivity index (χ3n) is 6.20. The molecule has 39 heavy (non-hydrogen) atoms. The van der Waals surface area contributed by atoms with Crippen LogP contribution in [0.3, 0.4) is 0 Å². The number of esters is 1. The van der Waals surface area contributed by atoms with Crippen LogP contribution in [-0.2, 0) is 36.9 Å². The van der Waals surface area contributed by atoms with Crippen LogP contribution in [0.4, 0.5) is 5.69 Å². The van der Waals surface area contributed by atoms with E-state index in [-0.39, 0.29) is 39.1 Å². The number of anilines is 1. The lowest BCUT2D eigenvalue weighted by Gasteiger charge is -2.26. The number of amides is 3. The summed E-state index contributed by atoms with van der Waals surface area (Å²) in [5.41, 5.74) is 1.99. The fraction of sp³-hybridized carbons (Fsp3) is 0.241. The van der Waals surface area contributed by atoms with E-state index in [1.165, 1.54) is 4.90 Å². The number of hydrogen-bond donors (Lipinski definition) is 2. The Morgan fingerprint density at radius 3 is 2.36 bits per heavy atom. The molecule has 10 nitrogen and oxygen atoms in total. The van der Waals surface area contributed by atoms with Gasteiger partial charge >= 0.3 is 5.97 Å². The Labute approximate surface area is 225 Å². The maximum atomic E-state index is 13.6. The van der Waals surface area contributed by atoms with Gasteiger partial charge in [0.25, 0.3) is 5.91 Å². The molecule has 3 aromatic rings. The topological polar surface area (TPSA) is 125 Å². The van der Waals surface area contributed by atoms with Crippen molar-refractivity contribution in [3.05, 3.63) is 96.1 Å². The summed E-state index contributed by atoms with van der Waals surface area (Å²) in [6.07, 6.45) is 0.430. The Balaban J connectivity index is 1.50. The van der Waals surface area contributed by atoms with Crippen molar-refractivity contribution in [2.75, 3.05) is 24.6 Å². The van der Waals surface area contributed by atoms with Gasteiger partial charge in [-0.2, -0.15) is 0 Å². The molecule has 1 heterocycles. The lowest BCUT2D eigenvalue weighted by Crippen LogP contribution is -2.53. The SMILES string of the molecule is O=CN(O)C[C@@H](Cc1ccccc1)C(=O)N[C@H]1COc2ccccc2N(CC(=O)OCc2ccccc2)C1=O. The molecule has 0 unspecified atom stereocenters. The average Bonchev–Trinajstić information content (AvgIpc) is 3.09. The maximum Gasteiger partial charge on any atom is 0.326 e. The van der Waals surface area contributed by atoms with E-state index in [9.17, 15) is 24.4 Å². The van der Waals surface area contributed by atoms with E-state index in [0.29, 0.717) is 16.5 Å². The number of fused-ring (bicyclic) bond motifs is 1. The first-order valence-electron chi connectivity index (χ1n) is 12.4. The zero-order chi connectivity index (χ0) is 27.6. The summed E-state index contributed by atoms with van der Waals surface area (Å²) >= 11 is 0. The van der Waals surface area contributed by atoms with E-state index >= 15 is 0 Å². The van der Waals surface area contributed by atoms with Gasteiger partial charge in [0.05, 0.1) is 18.2 Å². The first kappa shape index (κ1) is 27.3. The molecule has 0 spiro atoms. The van der Waals surface area contributed by atoms with Crippen molar-refractivity contribution >= 4 is 29.9 Å². The molecule has 2 N–H and O–H groups in total. The Morgan fingerprint density at radius 1 is 1.03 bits per heavy atom. The van der Waals surface area contributed by atoms with E-state index in [4.69, 9.17) is 9.47 Å². The van der Waals surface area contributed by atoms with Crippen LogP contribution in [0.15, 0.2) is 84.9 Å². The van der Waals surface area contributed by atoms with Crippen LogP contribution in [0, 0.1) is 5.92 Å². The van der Waals surface area contributed by atoms with Crippen LogP contribution in [-0.4, -0.2) is 60.2 Å². The number of carbonyl (C=O) groups is 4.